The lowest BCUT2D eigenvalue weighted by Crippen LogP contribution is -2.21. The number of ether oxygens (including phenoxy) is 1. The van der Waals surface area contributed by atoms with Crippen LogP contribution in [0.3, 0.4) is 0 Å². The molecule has 0 spiro atoms. The average molecular weight is 261 g/mol. The van der Waals surface area contributed by atoms with Gasteiger partial charge in [0.2, 0.25) is 5.89 Å². The molecule has 19 heavy (non-hydrogen) atoms. The van der Waals surface area contributed by atoms with Crippen molar-refractivity contribution < 1.29 is 19.1 Å². The first-order chi connectivity index (χ1) is 8.95. The van der Waals surface area contributed by atoms with Crippen LogP contribution in [0.4, 0.5) is 0 Å². The van der Waals surface area contributed by atoms with E-state index in [1.165, 1.54) is 7.11 Å². The zero-order chi connectivity index (χ0) is 14.0. The first-order valence-corrected chi connectivity index (χ1v) is 5.81. The molecule has 5 heteroatoms. The molecule has 0 aliphatic heterocycles. The molecule has 0 aliphatic rings. The van der Waals surface area contributed by atoms with E-state index in [0.717, 1.165) is 5.56 Å². The van der Waals surface area contributed by atoms with Gasteiger partial charge in [0.15, 0.2) is 11.5 Å². The molecule has 0 amide bonds. The summed E-state index contributed by atoms with van der Waals surface area (Å²) in [5, 5.41) is 9.21. The molecule has 0 atom stereocenters. The van der Waals surface area contributed by atoms with E-state index in [1.807, 2.05) is 18.2 Å². The van der Waals surface area contributed by atoms with Crippen molar-refractivity contribution in [3.8, 4) is 11.5 Å². The monoisotopic (exact) mass is 261 g/mol. The minimum absolute atomic E-state index is 0.120. The van der Waals surface area contributed by atoms with Crippen molar-refractivity contribution in [2.45, 2.75) is 19.4 Å². The Morgan fingerprint density at radius 1 is 1.32 bits per heavy atom. The number of rotatable bonds is 4. The number of methoxy groups -OCH3 is 1. The van der Waals surface area contributed by atoms with Gasteiger partial charge in [0.05, 0.1) is 0 Å². The third-order valence-electron chi connectivity index (χ3n) is 2.91. The number of nitrogens with zero attached hydrogens (tertiary/aromatic N) is 1. The van der Waals surface area contributed by atoms with Gasteiger partial charge >= 0.3 is 5.97 Å². The Morgan fingerprint density at radius 3 is 2.47 bits per heavy atom. The number of hydrogen-bond donors (Lipinski definition) is 1. The van der Waals surface area contributed by atoms with E-state index in [4.69, 9.17) is 9.15 Å². The van der Waals surface area contributed by atoms with Gasteiger partial charge in [-0.15, -0.1) is 0 Å². The number of oxazole rings is 1. The van der Waals surface area contributed by atoms with Crippen LogP contribution in [0.25, 0.3) is 11.5 Å². The van der Waals surface area contributed by atoms with Crippen LogP contribution >= 0.6 is 0 Å². The van der Waals surface area contributed by atoms with Gasteiger partial charge in [0.25, 0.3) is 0 Å². The Kier molecular flexibility index (Phi) is 3.40. The third-order valence-corrected chi connectivity index (χ3v) is 2.91. The van der Waals surface area contributed by atoms with Gasteiger partial charge in [-0.2, -0.15) is 0 Å². The van der Waals surface area contributed by atoms with Gasteiger partial charge in [-0.25, -0.2) is 9.78 Å². The third kappa shape index (κ3) is 2.51. The molecule has 1 N–H and O–H groups in total. The Bertz CT molecular complexity index is 587. The van der Waals surface area contributed by atoms with Gasteiger partial charge < -0.3 is 14.3 Å². The molecule has 1 heterocycles. The lowest BCUT2D eigenvalue weighted by molar-refractivity contribution is -0.000156. The van der Waals surface area contributed by atoms with Gasteiger partial charge in [-0.05, 0) is 26.0 Å². The highest BCUT2D eigenvalue weighted by atomic mass is 16.5. The highest BCUT2D eigenvalue weighted by Gasteiger charge is 2.32. The van der Waals surface area contributed by atoms with Crippen molar-refractivity contribution in [3.05, 3.63) is 41.8 Å². The fourth-order valence-electron chi connectivity index (χ4n) is 1.67. The number of aromatic carboxylic acids is 1. The lowest BCUT2D eigenvalue weighted by atomic mass is 10.0. The summed E-state index contributed by atoms with van der Waals surface area (Å²) in [7, 11) is 1.50. The number of carbonyl (C=O) groups is 1. The van der Waals surface area contributed by atoms with E-state index in [9.17, 15) is 9.90 Å². The Morgan fingerprint density at radius 2 is 1.95 bits per heavy atom. The molecule has 0 saturated heterocycles. The second kappa shape index (κ2) is 4.85. The van der Waals surface area contributed by atoms with Crippen molar-refractivity contribution in [1.82, 2.24) is 4.98 Å². The van der Waals surface area contributed by atoms with Crippen LogP contribution in [0.1, 0.15) is 30.1 Å². The van der Waals surface area contributed by atoms with Gasteiger partial charge in [0, 0.05) is 12.7 Å². The van der Waals surface area contributed by atoms with E-state index >= 15 is 0 Å². The van der Waals surface area contributed by atoms with Gasteiger partial charge in [-0.1, -0.05) is 18.2 Å². The maximum atomic E-state index is 11.3. The maximum Gasteiger partial charge on any atom is 0.358 e. The molecule has 5 nitrogen and oxygen atoms in total. The van der Waals surface area contributed by atoms with Crippen LogP contribution in [-0.4, -0.2) is 23.2 Å². The molecule has 0 aliphatic carbocycles. The van der Waals surface area contributed by atoms with Crippen molar-refractivity contribution in [3.63, 3.8) is 0 Å². The summed E-state index contributed by atoms with van der Waals surface area (Å²) in [5.74, 6) is -0.648. The second-order valence-electron chi connectivity index (χ2n) is 4.58. The van der Waals surface area contributed by atoms with E-state index < -0.39 is 11.6 Å². The zero-order valence-corrected chi connectivity index (χ0v) is 11.0. The van der Waals surface area contributed by atoms with Crippen LogP contribution in [0, 0.1) is 0 Å². The quantitative estimate of drug-likeness (QED) is 0.916. The van der Waals surface area contributed by atoms with Crippen LogP contribution in [-0.2, 0) is 10.3 Å². The largest absolute Gasteiger partial charge is 0.476 e. The fraction of sp³-hybridized carbons (Fsp3) is 0.286. The first-order valence-electron chi connectivity index (χ1n) is 5.81. The highest BCUT2D eigenvalue weighted by Crippen LogP contribution is 2.31. The summed E-state index contributed by atoms with van der Waals surface area (Å²) in [6.45, 7) is 3.46. The van der Waals surface area contributed by atoms with Crippen LogP contribution in [0.5, 0.6) is 0 Å². The Hall–Kier alpha value is -2.14. The smallest absolute Gasteiger partial charge is 0.358 e. The summed E-state index contributed by atoms with van der Waals surface area (Å²) < 4.78 is 10.9. The number of carboxylic acids is 1. The van der Waals surface area contributed by atoms with Crippen molar-refractivity contribution in [2.24, 2.45) is 0 Å². The molecule has 0 saturated carbocycles. The molecular formula is C14H15NO4. The Labute approximate surface area is 110 Å². The first kappa shape index (κ1) is 13.3. The summed E-state index contributed by atoms with van der Waals surface area (Å²) >= 11 is 0. The predicted molar refractivity (Wildman–Crippen MR) is 68.9 cm³/mol. The number of carboxylic acid groups (broad SMARTS) is 1. The van der Waals surface area contributed by atoms with Crippen LogP contribution in [0.15, 0.2) is 34.7 Å². The molecule has 1 aromatic carbocycles. The molecule has 0 fully saturated rings. The van der Waals surface area contributed by atoms with E-state index in [2.05, 4.69) is 4.98 Å². The lowest BCUT2D eigenvalue weighted by Gasteiger charge is -2.19. The molecular weight excluding hydrogens is 246 g/mol. The number of benzene rings is 1. The van der Waals surface area contributed by atoms with Gasteiger partial charge in [0.1, 0.15) is 5.60 Å². The van der Waals surface area contributed by atoms with Crippen LogP contribution < -0.4 is 0 Å². The number of aromatic nitrogens is 1. The van der Waals surface area contributed by atoms with E-state index in [0.29, 0.717) is 0 Å². The average Bonchev–Trinajstić information content (AvgIpc) is 2.86. The summed E-state index contributed by atoms with van der Waals surface area (Å²) in [4.78, 5) is 15.3. The molecule has 1 aromatic heterocycles. The molecule has 2 rings (SSSR count). The molecule has 0 bridgehead atoms. The minimum atomic E-state index is -1.13. The van der Waals surface area contributed by atoms with Crippen molar-refractivity contribution >= 4 is 5.97 Å². The Balaban J connectivity index is 2.56. The summed E-state index contributed by atoms with van der Waals surface area (Å²) in [5.41, 5.74) is -0.248. The zero-order valence-electron chi connectivity index (χ0n) is 11.0. The fourth-order valence-corrected chi connectivity index (χ4v) is 1.67. The van der Waals surface area contributed by atoms with Crippen molar-refractivity contribution in [2.75, 3.05) is 7.11 Å². The van der Waals surface area contributed by atoms with E-state index in [-0.39, 0.29) is 17.3 Å². The van der Waals surface area contributed by atoms with E-state index in [1.54, 1.807) is 26.0 Å². The van der Waals surface area contributed by atoms with Crippen molar-refractivity contribution in [1.29, 1.82) is 0 Å². The van der Waals surface area contributed by atoms with Gasteiger partial charge in [-0.3, -0.25) is 0 Å². The minimum Gasteiger partial charge on any atom is -0.476 e. The number of hydrogen-bond acceptors (Lipinski definition) is 4. The molecule has 100 valence electrons. The molecule has 0 unspecified atom stereocenters. The summed E-state index contributed by atoms with van der Waals surface area (Å²) in [6.07, 6.45) is 0. The highest BCUT2D eigenvalue weighted by molar-refractivity contribution is 5.87. The topological polar surface area (TPSA) is 72.6 Å². The SMILES string of the molecule is COC(C)(C)c1oc(-c2ccccc2)nc1C(=O)O. The normalized spacial score (nSPS) is 11.5. The predicted octanol–water partition coefficient (Wildman–Crippen LogP) is 2.92. The molecule has 2 aromatic rings. The van der Waals surface area contributed by atoms with Crippen LogP contribution in [0.2, 0.25) is 0 Å². The maximum absolute atomic E-state index is 11.3. The standard InChI is InChI=1S/C14H15NO4/c1-14(2,18-3)11-10(13(16)17)15-12(19-11)9-7-5-4-6-8-9/h4-8H,1-3H3,(H,16,17). The second-order valence-corrected chi connectivity index (χ2v) is 4.58. The molecule has 0 radical (unpaired) electrons. The summed E-state index contributed by atoms with van der Waals surface area (Å²) in [6, 6.07) is 9.15.